The normalized spacial score (nSPS) is 20.1. The molecule has 176 valence electrons. The van der Waals surface area contributed by atoms with Crippen LogP contribution < -0.4 is 5.01 Å². The van der Waals surface area contributed by atoms with Crippen LogP contribution in [0.15, 0.2) is 18.2 Å². The Hall–Kier alpha value is -2.35. The summed E-state index contributed by atoms with van der Waals surface area (Å²) in [6.45, 7) is 4.90. The van der Waals surface area contributed by atoms with E-state index < -0.39 is 12.2 Å². The highest BCUT2D eigenvalue weighted by Crippen LogP contribution is 2.32. The lowest BCUT2D eigenvalue weighted by Crippen LogP contribution is -2.52. The van der Waals surface area contributed by atoms with E-state index in [1.54, 1.807) is 16.0 Å². The van der Waals surface area contributed by atoms with Crippen LogP contribution in [0.4, 0.5) is 14.9 Å². The molecular formula is C24H34FN3O4. The van der Waals surface area contributed by atoms with E-state index in [0.717, 1.165) is 36.9 Å². The van der Waals surface area contributed by atoms with Crippen molar-refractivity contribution in [2.45, 2.75) is 58.0 Å². The number of anilines is 1. The molecule has 2 amide bonds. The summed E-state index contributed by atoms with van der Waals surface area (Å²) < 4.78 is 24.9. The molecule has 4 rings (SSSR count). The summed E-state index contributed by atoms with van der Waals surface area (Å²) in [5, 5.41) is 3.58. The van der Waals surface area contributed by atoms with Gasteiger partial charge in [0, 0.05) is 26.2 Å². The molecule has 0 N–H and O–H groups in total. The second-order valence-corrected chi connectivity index (χ2v) is 8.91. The Kier molecular flexibility index (Phi) is 7.50. The van der Waals surface area contributed by atoms with E-state index in [9.17, 15) is 14.0 Å². The Morgan fingerprint density at radius 2 is 1.94 bits per heavy atom. The second kappa shape index (κ2) is 10.5. The number of carbonyl (C=O) groups is 2. The fourth-order valence-corrected chi connectivity index (χ4v) is 5.08. The van der Waals surface area contributed by atoms with Crippen LogP contribution in [0.3, 0.4) is 0 Å². The number of morpholine rings is 1. The lowest BCUT2D eigenvalue weighted by Gasteiger charge is -2.37. The summed E-state index contributed by atoms with van der Waals surface area (Å²) in [7, 11) is 0. The quantitative estimate of drug-likeness (QED) is 0.665. The summed E-state index contributed by atoms with van der Waals surface area (Å²) in [5.74, 6) is -0.0831. The molecule has 0 bridgehead atoms. The third-order valence-corrected chi connectivity index (χ3v) is 6.82. The molecule has 0 aromatic heterocycles. The maximum atomic E-state index is 13.7. The minimum absolute atomic E-state index is 0.197. The monoisotopic (exact) mass is 447 g/mol. The van der Waals surface area contributed by atoms with Gasteiger partial charge in [-0.2, -0.15) is 0 Å². The highest BCUT2D eigenvalue weighted by atomic mass is 19.1. The van der Waals surface area contributed by atoms with Gasteiger partial charge in [0.05, 0.1) is 18.9 Å². The van der Waals surface area contributed by atoms with Gasteiger partial charge in [-0.05, 0) is 49.4 Å². The molecule has 3 aliphatic rings. The van der Waals surface area contributed by atoms with Crippen molar-refractivity contribution < 1.29 is 23.5 Å². The summed E-state index contributed by atoms with van der Waals surface area (Å²) >= 11 is 0. The van der Waals surface area contributed by atoms with E-state index in [0.29, 0.717) is 58.2 Å². The number of amides is 2. The Labute approximate surface area is 189 Å². The Morgan fingerprint density at radius 1 is 1.19 bits per heavy atom. The molecule has 8 heteroatoms. The van der Waals surface area contributed by atoms with Crippen molar-refractivity contribution in [1.29, 1.82) is 0 Å². The van der Waals surface area contributed by atoms with E-state index in [1.165, 1.54) is 18.6 Å². The van der Waals surface area contributed by atoms with Crippen LogP contribution in [0, 0.1) is 11.7 Å². The molecule has 1 saturated heterocycles. The third kappa shape index (κ3) is 5.17. The van der Waals surface area contributed by atoms with Crippen LogP contribution in [0.2, 0.25) is 0 Å². The first-order chi connectivity index (χ1) is 15.6. The number of hydrazine groups is 1. The maximum absolute atomic E-state index is 13.7. The SMILES string of the molecule is CCN(C(=O)C(CC1CCCCC1)OC(=O)N1CCOCC1)N1CCc2cc(F)ccc21. The fraction of sp³-hybridized carbons (Fsp3) is 0.667. The van der Waals surface area contributed by atoms with E-state index in [-0.39, 0.29) is 11.7 Å². The average molecular weight is 448 g/mol. The zero-order valence-corrected chi connectivity index (χ0v) is 18.9. The number of halogens is 1. The minimum Gasteiger partial charge on any atom is -0.436 e. The van der Waals surface area contributed by atoms with Gasteiger partial charge < -0.3 is 14.4 Å². The molecule has 2 heterocycles. The summed E-state index contributed by atoms with van der Waals surface area (Å²) in [6.07, 6.45) is 5.64. The fourth-order valence-electron chi connectivity index (χ4n) is 5.08. The first kappa shape index (κ1) is 22.8. The average Bonchev–Trinajstić information content (AvgIpc) is 3.23. The third-order valence-electron chi connectivity index (χ3n) is 6.82. The molecule has 1 saturated carbocycles. The Balaban J connectivity index is 1.51. The number of hydrogen-bond acceptors (Lipinski definition) is 5. The van der Waals surface area contributed by atoms with Crippen molar-refractivity contribution >= 4 is 17.7 Å². The molecule has 1 aromatic rings. The van der Waals surface area contributed by atoms with Crippen molar-refractivity contribution in [1.82, 2.24) is 9.91 Å². The lowest BCUT2D eigenvalue weighted by molar-refractivity contribution is -0.142. The number of carbonyl (C=O) groups excluding carboxylic acids is 2. The van der Waals surface area contributed by atoms with Crippen molar-refractivity contribution in [2.24, 2.45) is 5.92 Å². The van der Waals surface area contributed by atoms with Gasteiger partial charge >= 0.3 is 6.09 Å². The number of hydrogen-bond donors (Lipinski definition) is 0. The first-order valence-electron chi connectivity index (χ1n) is 12.0. The summed E-state index contributed by atoms with van der Waals surface area (Å²) in [5.41, 5.74) is 1.74. The number of ether oxygens (including phenoxy) is 2. The zero-order chi connectivity index (χ0) is 22.5. The smallest absolute Gasteiger partial charge is 0.410 e. The molecule has 0 spiro atoms. The van der Waals surface area contributed by atoms with E-state index in [2.05, 4.69) is 0 Å². The van der Waals surface area contributed by atoms with Gasteiger partial charge in [-0.15, -0.1) is 0 Å². The first-order valence-corrected chi connectivity index (χ1v) is 12.0. The minimum atomic E-state index is -0.821. The number of fused-ring (bicyclic) bond motifs is 1. The van der Waals surface area contributed by atoms with Crippen molar-refractivity contribution in [3.8, 4) is 0 Å². The largest absolute Gasteiger partial charge is 0.436 e. The number of nitrogens with zero attached hydrogens (tertiary/aromatic N) is 3. The molecule has 1 atom stereocenters. The zero-order valence-electron chi connectivity index (χ0n) is 18.9. The van der Waals surface area contributed by atoms with Crippen LogP contribution in [-0.2, 0) is 20.7 Å². The molecule has 0 radical (unpaired) electrons. The van der Waals surface area contributed by atoms with Gasteiger partial charge in [0.15, 0.2) is 6.10 Å². The predicted molar refractivity (Wildman–Crippen MR) is 119 cm³/mol. The molecule has 2 fully saturated rings. The molecule has 7 nitrogen and oxygen atoms in total. The van der Waals surface area contributed by atoms with Crippen molar-refractivity contribution in [2.75, 3.05) is 44.4 Å². The Morgan fingerprint density at radius 3 is 2.66 bits per heavy atom. The second-order valence-electron chi connectivity index (χ2n) is 8.91. The standard InChI is InChI=1S/C24H34FN3O4/c1-2-27(28-11-10-19-17-20(25)8-9-21(19)28)23(29)22(16-18-6-4-3-5-7-18)32-24(30)26-12-14-31-15-13-26/h8-9,17-18,22H,2-7,10-16H2,1H3. The number of likely N-dealkylation sites (N-methyl/N-ethyl adjacent to an activating group) is 1. The topological polar surface area (TPSA) is 62.3 Å². The van der Waals surface area contributed by atoms with Crippen LogP contribution in [0.5, 0.6) is 0 Å². The van der Waals surface area contributed by atoms with Crippen molar-refractivity contribution in [3.63, 3.8) is 0 Å². The molecule has 1 aromatic carbocycles. The van der Waals surface area contributed by atoms with Crippen LogP contribution in [-0.4, -0.2) is 67.4 Å². The molecule has 1 aliphatic carbocycles. The lowest BCUT2D eigenvalue weighted by atomic mass is 9.85. The molecular weight excluding hydrogens is 413 g/mol. The molecule has 1 unspecified atom stereocenters. The highest BCUT2D eigenvalue weighted by Gasteiger charge is 2.36. The van der Waals surface area contributed by atoms with Gasteiger partial charge in [-0.1, -0.05) is 32.1 Å². The van der Waals surface area contributed by atoms with Crippen LogP contribution in [0.25, 0.3) is 0 Å². The van der Waals surface area contributed by atoms with Gasteiger partial charge in [-0.3, -0.25) is 14.8 Å². The summed E-state index contributed by atoms with van der Waals surface area (Å²) in [6, 6.07) is 4.68. The van der Waals surface area contributed by atoms with Gasteiger partial charge in [0.1, 0.15) is 5.82 Å². The number of rotatable bonds is 6. The van der Waals surface area contributed by atoms with Crippen LogP contribution >= 0.6 is 0 Å². The van der Waals surface area contributed by atoms with Gasteiger partial charge in [-0.25, -0.2) is 9.18 Å². The highest BCUT2D eigenvalue weighted by molar-refractivity contribution is 5.85. The van der Waals surface area contributed by atoms with E-state index in [4.69, 9.17) is 9.47 Å². The van der Waals surface area contributed by atoms with Crippen LogP contribution in [0.1, 0.15) is 51.0 Å². The Bertz CT molecular complexity index is 808. The van der Waals surface area contributed by atoms with E-state index >= 15 is 0 Å². The molecule has 2 aliphatic heterocycles. The maximum Gasteiger partial charge on any atom is 0.410 e. The van der Waals surface area contributed by atoms with Crippen molar-refractivity contribution in [3.05, 3.63) is 29.6 Å². The summed E-state index contributed by atoms with van der Waals surface area (Å²) in [4.78, 5) is 28.2. The van der Waals surface area contributed by atoms with E-state index in [1.807, 2.05) is 11.9 Å². The van der Waals surface area contributed by atoms with Gasteiger partial charge in [0.25, 0.3) is 5.91 Å². The predicted octanol–water partition coefficient (Wildman–Crippen LogP) is 3.76. The molecule has 32 heavy (non-hydrogen) atoms. The van der Waals surface area contributed by atoms with Gasteiger partial charge in [0.2, 0.25) is 0 Å². The number of benzene rings is 1.